The fraction of sp³-hybridized carbons (Fsp3) is 0.500. The Morgan fingerprint density at radius 2 is 2.00 bits per heavy atom. The van der Waals surface area contributed by atoms with Crippen molar-refractivity contribution in [3.8, 4) is 0 Å². The highest BCUT2D eigenvalue weighted by atomic mass is 16.3. The van der Waals surface area contributed by atoms with Crippen molar-refractivity contribution in [2.75, 3.05) is 13.2 Å². The van der Waals surface area contributed by atoms with E-state index in [1.807, 2.05) is 19.1 Å². The molecule has 1 heterocycles. The number of hydrogen-bond donors (Lipinski definition) is 2. The molecule has 0 aliphatic rings. The number of hydrogen-bond acceptors (Lipinski definition) is 4. The summed E-state index contributed by atoms with van der Waals surface area (Å²) in [7, 11) is 0. The predicted molar refractivity (Wildman–Crippen MR) is 93.9 cm³/mol. The summed E-state index contributed by atoms with van der Waals surface area (Å²) in [5.41, 5.74) is 0.467. The lowest BCUT2D eigenvalue weighted by Crippen LogP contribution is -2.36. The van der Waals surface area contributed by atoms with Gasteiger partial charge in [-0.1, -0.05) is 31.5 Å². The Kier molecular flexibility index (Phi) is 6.49. The second-order valence-electron chi connectivity index (χ2n) is 6.06. The van der Waals surface area contributed by atoms with Crippen LogP contribution in [-0.4, -0.2) is 33.9 Å². The van der Waals surface area contributed by atoms with Crippen molar-refractivity contribution in [2.24, 2.45) is 5.92 Å². The first-order valence-electron chi connectivity index (χ1n) is 8.40. The average Bonchev–Trinajstić information content (AvgIpc) is 2.58. The van der Waals surface area contributed by atoms with Crippen molar-refractivity contribution in [1.29, 1.82) is 0 Å². The van der Waals surface area contributed by atoms with Gasteiger partial charge in [-0.25, -0.2) is 4.68 Å². The van der Waals surface area contributed by atoms with Crippen LogP contribution in [0.1, 0.15) is 31.9 Å². The second kappa shape index (κ2) is 8.59. The lowest BCUT2D eigenvalue weighted by atomic mass is 10.0. The maximum absolute atomic E-state index is 12.4. The van der Waals surface area contributed by atoms with Crippen molar-refractivity contribution in [2.45, 2.75) is 39.7 Å². The molecule has 2 rings (SSSR count). The average molecular weight is 331 g/mol. The molecule has 0 bridgehead atoms. The first kappa shape index (κ1) is 18.1. The van der Waals surface area contributed by atoms with Crippen LogP contribution < -0.4 is 10.9 Å². The van der Waals surface area contributed by atoms with Gasteiger partial charge in [-0.05, 0) is 31.7 Å². The standard InChI is InChI=1S/C18H25N3O3/c1-3-6-14(9-10-22)11-19-17(23)12-21-18(24)16-8-5-4-7-15(16)13(2)20-21/h4-5,7-8,14,22H,3,6,9-12H2,1-2H3,(H,19,23). The second-order valence-corrected chi connectivity index (χ2v) is 6.06. The molecule has 24 heavy (non-hydrogen) atoms. The monoisotopic (exact) mass is 331 g/mol. The van der Waals surface area contributed by atoms with Crippen LogP contribution in [-0.2, 0) is 11.3 Å². The van der Waals surface area contributed by atoms with Gasteiger partial charge in [0.05, 0.1) is 11.1 Å². The fourth-order valence-corrected chi connectivity index (χ4v) is 2.90. The maximum Gasteiger partial charge on any atom is 0.275 e. The van der Waals surface area contributed by atoms with E-state index in [0.29, 0.717) is 18.4 Å². The van der Waals surface area contributed by atoms with Crippen LogP contribution in [0.2, 0.25) is 0 Å². The number of aryl methyl sites for hydroxylation is 1. The van der Waals surface area contributed by atoms with Crippen LogP contribution in [0.4, 0.5) is 0 Å². The maximum atomic E-state index is 12.4. The van der Waals surface area contributed by atoms with Crippen molar-refractivity contribution < 1.29 is 9.90 Å². The van der Waals surface area contributed by atoms with E-state index in [1.54, 1.807) is 12.1 Å². The smallest absolute Gasteiger partial charge is 0.275 e. The summed E-state index contributed by atoms with van der Waals surface area (Å²) >= 11 is 0. The molecule has 0 radical (unpaired) electrons. The summed E-state index contributed by atoms with van der Waals surface area (Å²) in [6, 6.07) is 7.27. The number of fused-ring (bicyclic) bond motifs is 1. The summed E-state index contributed by atoms with van der Waals surface area (Å²) in [4.78, 5) is 24.6. The number of aliphatic hydroxyl groups is 1. The number of carbonyl (C=O) groups excluding carboxylic acids is 1. The largest absolute Gasteiger partial charge is 0.396 e. The number of carbonyl (C=O) groups is 1. The van der Waals surface area contributed by atoms with Gasteiger partial charge < -0.3 is 10.4 Å². The zero-order chi connectivity index (χ0) is 17.5. The summed E-state index contributed by atoms with van der Waals surface area (Å²) in [5.74, 6) is 0.0188. The van der Waals surface area contributed by atoms with Gasteiger partial charge >= 0.3 is 0 Å². The van der Waals surface area contributed by atoms with Crippen molar-refractivity contribution in [3.63, 3.8) is 0 Å². The highest BCUT2D eigenvalue weighted by molar-refractivity contribution is 5.83. The number of nitrogens with one attached hydrogen (secondary N) is 1. The van der Waals surface area contributed by atoms with Crippen LogP contribution in [0.3, 0.4) is 0 Å². The van der Waals surface area contributed by atoms with E-state index >= 15 is 0 Å². The molecule has 0 aliphatic heterocycles. The molecular weight excluding hydrogens is 306 g/mol. The number of rotatable bonds is 8. The molecule has 0 saturated carbocycles. The van der Waals surface area contributed by atoms with Gasteiger partial charge in [0.2, 0.25) is 5.91 Å². The Bertz CT molecular complexity index is 749. The first-order chi connectivity index (χ1) is 11.6. The number of nitrogens with zero attached hydrogens (tertiary/aromatic N) is 2. The lowest BCUT2D eigenvalue weighted by Gasteiger charge is -2.16. The Balaban J connectivity index is 2.08. The van der Waals surface area contributed by atoms with E-state index in [2.05, 4.69) is 17.3 Å². The molecule has 2 N–H and O–H groups in total. The summed E-state index contributed by atoms with van der Waals surface area (Å²) in [5, 5.41) is 17.5. The normalized spacial score (nSPS) is 12.3. The highest BCUT2D eigenvalue weighted by Crippen LogP contribution is 2.12. The molecule has 0 saturated heterocycles. The molecule has 1 aromatic heterocycles. The molecule has 0 fully saturated rings. The highest BCUT2D eigenvalue weighted by Gasteiger charge is 2.13. The van der Waals surface area contributed by atoms with Crippen LogP contribution >= 0.6 is 0 Å². The Labute approximate surface area is 141 Å². The Morgan fingerprint density at radius 3 is 2.67 bits per heavy atom. The first-order valence-corrected chi connectivity index (χ1v) is 8.40. The molecule has 1 unspecified atom stereocenters. The third kappa shape index (κ3) is 4.41. The summed E-state index contributed by atoms with van der Waals surface area (Å²) < 4.78 is 1.22. The van der Waals surface area contributed by atoms with Gasteiger partial charge in [0.25, 0.3) is 5.56 Å². The zero-order valence-corrected chi connectivity index (χ0v) is 14.3. The molecule has 6 nitrogen and oxygen atoms in total. The van der Waals surface area contributed by atoms with Gasteiger partial charge in [0.15, 0.2) is 0 Å². The summed E-state index contributed by atoms with van der Waals surface area (Å²) in [6.07, 6.45) is 2.63. The van der Waals surface area contributed by atoms with Gasteiger partial charge in [-0.2, -0.15) is 5.10 Å². The minimum absolute atomic E-state index is 0.0948. The number of aliphatic hydroxyl groups excluding tert-OH is 1. The Hall–Kier alpha value is -2.21. The van der Waals surface area contributed by atoms with E-state index in [0.717, 1.165) is 23.9 Å². The molecule has 6 heteroatoms. The van der Waals surface area contributed by atoms with Gasteiger partial charge in [0, 0.05) is 18.5 Å². The fourth-order valence-electron chi connectivity index (χ4n) is 2.90. The molecule has 1 aromatic carbocycles. The van der Waals surface area contributed by atoms with Gasteiger partial charge in [-0.3, -0.25) is 9.59 Å². The number of benzene rings is 1. The molecule has 0 spiro atoms. The number of amides is 1. The van der Waals surface area contributed by atoms with Crippen LogP contribution in [0.5, 0.6) is 0 Å². The van der Waals surface area contributed by atoms with Crippen LogP contribution in [0, 0.1) is 12.8 Å². The van der Waals surface area contributed by atoms with E-state index in [1.165, 1.54) is 4.68 Å². The minimum Gasteiger partial charge on any atom is -0.396 e. The van der Waals surface area contributed by atoms with E-state index < -0.39 is 0 Å². The third-order valence-corrected chi connectivity index (χ3v) is 4.17. The minimum atomic E-state index is -0.258. The van der Waals surface area contributed by atoms with Crippen molar-refractivity contribution >= 4 is 16.7 Å². The van der Waals surface area contributed by atoms with Crippen molar-refractivity contribution in [1.82, 2.24) is 15.1 Å². The van der Waals surface area contributed by atoms with E-state index in [-0.39, 0.29) is 30.5 Å². The van der Waals surface area contributed by atoms with Crippen molar-refractivity contribution in [3.05, 3.63) is 40.3 Å². The quantitative estimate of drug-likeness (QED) is 0.770. The van der Waals surface area contributed by atoms with E-state index in [9.17, 15) is 9.59 Å². The van der Waals surface area contributed by atoms with Gasteiger partial charge in [-0.15, -0.1) is 0 Å². The van der Waals surface area contributed by atoms with E-state index in [4.69, 9.17) is 5.11 Å². The molecule has 2 aromatic rings. The Morgan fingerprint density at radius 1 is 1.29 bits per heavy atom. The van der Waals surface area contributed by atoms with Gasteiger partial charge in [0.1, 0.15) is 6.54 Å². The molecule has 1 amide bonds. The van der Waals surface area contributed by atoms with Crippen LogP contribution in [0.25, 0.3) is 10.8 Å². The SMILES string of the molecule is CCCC(CCO)CNC(=O)Cn1nc(C)c2ccccc2c1=O. The molecule has 130 valence electrons. The molecule has 1 atom stereocenters. The molecule has 0 aliphatic carbocycles. The predicted octanol–water partition coefficient (Wildman–Crippen LogP) is 1.62. The van der Waals surface area contributed by atoms with Crippen LogP contribution in [0.15, 0.2) is 29.1 Å². The third-order valence-electron chi connectivity index (χ3n) is 4.17. The topological polar surface area (TPSA) is 84.2 Å². The summed E-state index contributed by atoms with van der Waals surface area (Å²) in [6.45, 7) is 4.44. The zero-order valence-electron chi connectivity index (χ0n) is 14.3. The molecular formula is C18H25N3O3. The number of aromatic nitrogens is 2. The lowest BCUT2D eigenvalue weighted by molar-refractivity contribution is -0.122.